The number of fused-ring (bicyclic) bond motifs is 1. The second kappa shape index (κ2) is 6.67. The monoisotopic (exact) mass is 289 g/mol. The Hall–Kier alpha value is -1.26. The van der Waals surface area contributed by atoms with E-state index in [0.29, 0.717) is 12.6 Å². The summed E-state index contributed by atoms with van der Waals surface area (Å²) in [5.74, 6) is 0. The van der Waals surface area contributed by atoms with Crippen LogP contribution in [0.5, 0.6) is 0 Å². The molecule has 2 aliphatic heterocycles. The molecule has 2 unspecified atom stereocenters. The average Bonchev–Trinajstić information content (AvgIpc) is 3.11. The van der Waals surface area contributed by atoms with Crippen LogP contribution in [0, 0.1) is 0 Å². The van der Waals surface area contributed by atoms with Gasteiger partial charge in [-0.05, 0) is 57.0 Å². The lowest BCUT2D eigenvalue weighted by Gasteiger charge is -2.24. The summed E-state index contributed by atoms with van der Waals surface area (Å²) >= 11 is 0. The predicted octanol–water partition coefficient (Wildman–Crippen LogP) is 2.15. The molecule has 0 aromatic heterocycles. The molecule has 1 aromatic rings. The standard InChI is InChI=1S/C17H27N3O/c1-2-19(12-13-21)15-7-5-14(6-8-15)18-16-9-11-20-10-3-4-17(16)20/h5-8,16-18,21H,2-4,9-13H2,1H3. The first-order valence-corrected chi connectivity index (χ1v) is 8.28. The highest BCUT2D eigenvalue weighted by molar-refractivity contribution is 5.55. The second-order valence-corrected chi connectivity index (χ2v) is 6.14. The number of likely N-dealkylation sites (N-methyl/N-ethyl adjacent to an activating group) is 1. The molecule has 2 aliphatic rings. The lowest BCUT2D eigenvalue weighted by Crippen LogP contribution is -2.33. The van der Waals surface area contributed by atoms with Crippen molar-refractivity contribution in [2.45, 2.75) is 38.3 Å². The molecule has 0 bridgehead atoms. The molecule has 2 fully saturated rings. The highest BCUT2D eigenvalue weighted by Gasteiger charge is 2.36. The van der Waals surface area contributed by atoms with E-state index in [9.17, 15) is 0 Å². The largest absolute Gasteiger partial charge is 0.395 e. The van der Waals surface area contributed by atoms with Crippen LogP contribution in [0.2, 0.25) is 0 Å². The van der Waals surface area contributed by atoms with Crippen LogP contribution < -0.4 is 10.2 Å². The summed E-state index contributed by atoms with van der Waals surface area (Å²) in [5, 5.41) is 12.8. The molecule has 2 saturated heterocycles. The number of rotatable bonds is 6. The van der Waals surface area contributed by atoms with Crippen molar-refractivity contribution < 1.29 is 5.11 Å². The Morgan fingerprint density at radius 1 is 1.24 bits per heavy atom. The van der Waals surface area contributed by atoms with Crippen LogP contribution in [0.15, 0.2) is 24.3 Å². The van der Waals surface area contributed by atoms with E-state index in [1.165, 1.54) is 43.7 Å². The van der Waals surface area contributed by atoms with Gasteiger partial charge in [0.15, 0.2) is 0 Å². The van der Waals surface area contributed by atoms with Gasteiger partial charge < -0.3 is 15.3 Å². The second-order valence-electron chi connectivity index (χ2n) is 6.14. The molecule has 4 nitrogen and oxygen atoms in total. The molecule has 1 aromatic carbocycles. The number of nitrogens with one attached hydrogen (secondary N) is 1. The van der Waals surface area contributed by atoms with E-state index in [2.05, 4.69) is 46.3 Å². The van der Waals surface area contributed by atoms with Crippen molar-refractivity contribution in [3.63, 3.8) is 0 Å². The number of aliphatic hydroxyl groups excluding tert-OH is 1. The summed E-state index contributed by atoms with van der Waals surface area (Å²) in [5.41, 5.74) is 2.41. The minimum atomic E-state index is 0.202. The van der Waals surface area contributed by atoms with Crippen LogP contribution in [0.4, 0.5) is 11.4 Å². The Morgan fingerprint density at radius 3 is 2.76 bits per heavy atom. The fraction of sp³-hybridized carbons (Fsp3) is 0.647. The molecule has 2 atom stereocenters. The Kier molecular flexibility index (Phi) is 4.66. The molecule has 3 rings (SSSR count). The zero-order valence-electron chi connectivity index (χ0n) is 13.0. The first-order chi connectivity index (χ1) is 10.3. The van der Waals surface area contributed by atoms with E-state index in [1.807, 2.05) is 0 Å². The molecule has 0 saturated carbocycles. The molecular weight excluding hydrogens is 262 g/mol. The summed E-state index contributed by atoms with van der Waals surface area (Å²) in [6, 6.07) is 10.0. The van der Waals surface area contributed by atoms with Crippen molar-refractivity contribution in [1.82, 2.24) is 4.90 Å². The number of anilines is 2. The fourth-order valence-electron chi connectivity index (χ4n) is 3.82. The third-order valence-electron chi connectivity index (χ3n) is 4.94. The molecular formula is C17H27N3O. The summed E-state index contributed by atoms with van der Waals surface area (Å²) in [4.78, 5) is 4.82. The van der Waals surface area contributed by atoms with Crippen LogP contribution in [0.1, 0.15) is 26.2 Å². The van der Waals surface area contributed by atoms with Crippen molar-refractivity contribution in [2.24, 2.45) is 0 Å². The lowest BCUT2D eigenvalue weighted by atomic mass is 10.1. The first-order valence-electron chi connectivity index (χ1n) is 8.28. The zero-order valence-corrected chi connectivity index (χ0v) is 13.0. The number of hydrogen-bond acceptors (Lipinski definition) is 4. The zero-order chi connectivity index (χ0) is 14.7. The van der Waals surface area contributed by atoms with Gasteiger partial charge in [0.05, 0.1) is 6.61 Å². The Balaban J connectivity index is 1.62. The first kappa shape index (κ1) is 14.7. The summed E-state index contributed by atoms with van der Waals surface area (Å²) < 4.78 is 0. The lowest BCUT2D eigenvalue weighted by molar-refractivity contribution is 0.302. The third kappa shape index (κ3) is 3.16. The summed E-state index contributed by atoms with van der Waals surface area (Å²) in [6.45, 7) is 6.48. The van der Waals surface area contributed by atoms with Gasteiger partial charge in [-0.1, -0.05) is 0 Å². The SMILES string of the molecule is CCN(CCO)c1ccc(NC2CCN3CCCC23)cc1. The molecule has 0 aliphatic carbocycles. The van der Waals surface area contributed by atoms with Crippen molar-refractivity contribution in [1.29, 1.82) is 0 Å². The predicted molar refractivity (Wildman–Crippen MR) is 88.0 cm³/mol. The van der Waals surface area contributed by atoms with Gasteiger partial charge in [-0.25, -0.2) is 0 Å². The Bertz CT molecular complexity index is 448. The smallest absolute Gasteiger partial charge is 0.0606 e. The van der Waals surface area contributed by atoms with Crippen molar-refractivity contribution in [2.75, 3.05) is 43.0 Å². The van der Waals surface area contributed by atoms with Crippen LogP contribution in [-0.2, 0) is 0 Å². The van der Waals surface area contributed by atoms with E-state index in [1.54, 1.807) is 0 Å². The maximum atomic E-state index is 9.10. The van der Waals surface area contributed by atoms with Gasteiger partial charge in [0.1, 0.15) is 0 Å². The highest BCUT2D eigenvalue weighted by atomic mass is 16.3. The number of aliphatic hydroxyl groups is 1. The Labute approximate surface area is 127 Å². The van der Waals surface area contributed by atoms with Gasteiger partial charge in [-0.15, -0.1) is 0 Å². The van der Waals surface area contributed by atoms with Crippen molar-refractivity contribution >= 4 is 11.4 Å². The van der Waals surface area contributed by atoms with Crippen LogP contribution in [-0.4, -0.2) is 54.9 Å². The van der Waals surface area contributed by atoms with E-state index in [0.717, 1.165) is 12.6 Å². The van der Waals surface area contributed by atoms with Gasteiger partial charge >= 0.3 is 0 Å². The molecule has 0 spiro atoms. The fourth-order valence-corrected chi connectivity index (χ4v) is 3.82. The molecule has 0 amide bonds. The maximum absolute atomic E-state index is 9.10. The van der Waals surface area contributed by atoms with E-state index in [-0.39, 0.29) is 6.61 Å². The minimum Gasteiger partial charge on any atom is -0.395 e. The van der Waals surface area contributed by atoms with Crippen molar-refractivity contribution in [3.05, 3.63) is 24.3 Å². The molecule has 2 heterocycles. The van der Waals surface area contributed by atoms with Gasteiger partial charge in [-0.2, -0.15) is 0 Å². The minimum absolute atomic E-state index is 0.202. The molecule has 2 N–H and O–H groups in total. The topological polar surface area (TPSA) is 38.7 Å². The number of hydrogen-bond donors (Lipinski definition) is 2. The molecule has 0 radical (unpaired) electrons. The quantitative estimate of drug-likeness (QED) is 0.842. The van der Waals surface area contributed by atoms with Gasteiger partial charge in [0.2, 0.25) is 0 Å². The van der Waals surface area contributed by atoms with Gasteiger partial charge in [-0.3, -0.25) is 4.90 Å². The molecule has 116 valence electrons. The third-order valence-corrected chi connectivity index (χ3v) is 4.94. The van der Waals surface area contributed by atoms with Crippen LogP contribution in [0.3, 0.4) is 0 Å². The normalized spacial score (nSPS) is 25.0. The van der Waals surface area contributed by atoms with Gasteiger partial charge in [0, 0.05) is 43.1 Å². The summed E-state index contributed by atoms with van der Waals surface area (Å²) in [6.07, 6.45) is 3.96. The van der Waals surface area contributed by atoms with Crippen LogP contribution in [0.25, 0.3) is 0 Å². The van der Waals surface area contributed by atoms with Crippen LogP contribution >= 0.6 is 0 Å². The highest BCUT2D eigenvalue weighted by Crippen LogP contribution is 2.30. The van der Waals surface area contributed by atoms with E-state index < -0.39 is 0 Å². The maximum Gasteiger partial charge on any atom is 0.0606 e. The number of nitrogens with zero attached hydrogens (tertiary/aromatic N) is 2. The number of benzene rings is 1. The summed E-state index contributed by atoms with van der Waals surface area (Å²) in [7, 11) is 0. The van der Waals surface area contributed by atoms with E-state index in [4.69, 9.17) is 5.11 Å². The Morgan fingerprint density at radius 2 is 2.05 bits per heavy atom. The van der Waals surface area contributed by atoms with Crippen molar-refractivity contribution in [3.8, 4) is 0 Å². The van der Waals surface area contributed by atoms with E-state index >= 15 is 0 Å². The molecule has 4 heteroatoms. The average molecular weight is 289 g/mol. The molecule has 21 heavy (non-hydrogen) atoms. The van der Waals surface area contributed by atoms with Gasteiger partial charge in [0.25, 0.3) is 0 Å².